The fourth-order valence-electron chi connectivity index (χ4n) is 3.75. The lowest BCUT2D eigenvalue weighted by molar-refractivity contribution is -0.143. The van der Waals surface area contributed by atoms with Gasteiger partial charge in [0.05, 0.1) is 23.3 Å². The molecule has 1 fully saturated rings. The van der Waals surface area contributed by atoms with Gasteiger partial charge in [-0.25, -0.2) is 0 Å². The van der Waals surface area contributed by atoms with E-state index >= 15 is 0 Å². The van der Waals surface area contributed by atoms with Crippen molar-refractivity contribution < 1.29 is 22.8 Å². The lowest BCUT2D eigenvalue weighted by Gasteiger charge is -2.31. The Morgan fingerprint density at radius 2 is 1.76 bits per heavy atom. The molecular weight excluding hydrogens is 385 g/mol. The van der Waals surface area contributed by atoms with Gasteiger partial charge >= 0.3 is 6.18 Å². The molecule has 1 spiro atoms. The summed E-state index contributed by atoms with van der Waals surface area (Å²) in [6, 6.07) is 3.99. The number of anilines is 1. The third-order valence-corrected chi connectivity index (χ3v) is 5.48. The van der Waals surface area contributed by atoms with Gasteiger partial charge < -0.3 is 10.2 Å². The van der Waals surface area contributed by atoms with E-state index < -0.39 is 23.1 Å². The highest BCUT2D eigenvalue weighted by Gasteiger charge is 2.59. The molecule has 6 nitrogen and oxygen atoms in total. The van der Waals surface area contributed by atoms with Crippen molar-refractivity contribution in [1.29, 1.82) is 0 Å². The summed E-state index contributed by atoms with van der Waals surface area (Å²) in [5.74, 6) is -0.224. The van der Waals surface area contributed by atoms with Crippen molar-refractivity contribution in [2.45, 2.75) is 51.9 Å². The molecule has 2 aromatic rings. The second-order valence-electron chi connectivity index (χ2n) is 8.63. The first-order chi connectivity index (χ1) is 13.4. The van der Waals surface area contributed by atoms with Crippen molar-refractivity contribution in [3.63, 3.8) is 0 Å². The van der Waals surface area contributed by atoms with E-state index in [-0.39, 0.29) is 17.0 Å². The zero-order chi connectivity index (χ0) is 21.2. The van der Waals surface area contributed by atoms with Gasteiger partial charge in [-0.05, 0) is 37.1 Å². The Kier molecular flexibility index (Phi) is 4.08. The average Bonchev–Trinajstić information content (AvgIpc) is 3.23. The molecule has 9 heteroatoms. The Balaban J connectivity index is 1.55. The number of amides is 2. The fraction of sp³-hybridized carbons (Fsp3) is 0.450. The van der Waals surface area contributed by atoms with E-state index in [4.69, 9.17) is 0 Å². The van der Waals surface area contributed by atoms with Crippen LogP contribution in [0.5, 0.6) is 0 Å². The lowest BCUT2D eigenvalue weighted by atomic mass is 9.94. The van der Waals surface area contributed by atoms with Crippen LogP contribution in [0.4, 0.5) is 19.0 Å². The highest BCUT2D eigenvalue weighted by atomic mass is 19.4. The number of carbonyl (C=O) groups is 2. The van der Waals surface area contributed by atoms with Crippen LogP contribution in [0.15, 0.2) is 24.3 Å². The van der Waals surface area contributed by atoms with Crippen molar-refractivity contribution >= 4 is 17.6 Å². The maximum absolute atomic E-state index is 12.9. The molecule has 0 atom stereocenters. The van der Waals surface area contributed by atoms with Crippen LogP contribution in [0.2, 0.25) is 0 Å². The van der Waals surface area contributed by atoms with Crippen LogP contribution in [-0.2, 0) is 23.1 Å². The summed E-state index contributed by atoms with van der Waals surface area (Å²) in [6.45, 7) is 5.93. The van der Waals surface area contributed by atoms with Crippen LogP contribution in [0, 0.1) is 5.41 Å². The van der Waals surface area contributed by atoms with E-state index in [1.54, 1.807) is 0 Å². The number of hydrogen-bond donors (Lipinski definition) is 2. The number of aromatic amines is 1. The third-order valence-electron chi connectivity index (χ3n) is 5.48. The fourth-order valence-corrected chi connectivity index (χ4v) is 3.75. The van der Waals surface area contributed by atoms with Crippen LogP contribution in [0.25, 0.3) is 0 Å². The number of fused-ring (bicyclic) bond motifs is 2. The zero-order valence-electron chi connectivity index (χ0n) is 16.3. The molecule has 1 aromatic carbocycles. The SMILES string of the molecule is CC(C)(C)C(=O)N1Cc2c(NC(=O)c3ccc(C(F)(F)F)cc3)n[nH]c2C12CC2. The predicted molar refractivity (Wildman–Crippen MR) is 98.9 cm³/mol. The number of H-pyrrole nitrogens is 1. The molecule has 2 aliphatic rings. The van der Waals surface area contributed by atoms with Crippen molar-refractivity contribution in [2.24, 2.45) is 5.41 Å². The summed E-state index contributed by atoms with van der Waals surface area (Å²) in [6.07, 6.45) is -2.80. The topological polar surface area (TPSA) is 78.1 Å². The van der Waals surface area contributed by atoms with Crippen LogP contribution >= 0.6 is 0 Å². The molecule has 154 valence electrons. The van der Waals surface area contributed by atoms with E-state index in [2.05, 4.69) is 15.5 Å². The number of alkyl halides is 3. The van der Waals surface area contributed by atoms with E-state index in [1.165, 1.54) is 0 Å². The number of nitrogens with one attached hydrogen (secondary N) is 2. The number of halogens is 3. The van der Waals surface area contributed by atoms with E-state index in [9.17, 15) is 22.8 Å². The van der Waals surface area contributed by atoms with Crippen molar-refractivity contribution in [2.75, 3.05) is 5.32 Å². The van der Waals surface area contributed by atoms with E-state index in [0.717, 1.165) is 48.4 Å². The highest BCUT2D eigenvalue weighted by molar-refractivity contribution is 6.04. The molecule has 2 heterocycles. The minimum atomic E-state index is -4.46. The van der Waals surface area contributed by atoms with Gasteiger partial charge in [-0.1, -0.05) is 20.8 Å². The Hall–Kier alpha value is -2.84. The van der Waals surface area contributed by atoms with Gasteiger partial charge in [-0.2, -0.15) is 18.3 Å². The third kappa shape index (κ3) is 3.18. The van der Waals surface area contributed by atoms with Crippen LogP contribution in [0.3, 0.4) is 0 Å². The van der Waals surface area contributed by atoms with Crippen LogP contribution in [-0.4, -0.2) is 26.9 Å². The summed E-state index contributed by atoms with van der Waals surface area (Å²) < 4.78 is 38.1. The Morgan fingerprint density at radius 1 is 1.14 bits per heavy atom. The zero-order valence-corrected chi connectivity index (χ0v) is 16.3. The largest absolute Gasteiger partial charge is 0.416 e. The Labute approximate surface area is 165 Å². The van der Waals surface area contributed by atoms with Gasteiger partial charge in [0.2, 0.25) is 5.91 Å². The smallest absolute Gasteiger partial charge is 0.326 e. The van der Waals surface area contributed by atoms with Gasteiger partial charge in [0.25, 0.3) is 5.91 Å². The predicted octanol–water partition coefficient (Wildman–Crippen LogP) is 4.06. The van der Waals surface area contributed by atoms with Crippen molar-refractivity contribution in [3.05, 3.63) is 46.6 Å². The quantitative estimate of drug-likeness (QED) is 0.790. The first-order valence-corrected chi connectivity index (χ1v) is 9.32. The number of benzene rings is 1. The normalized spacial score (nSPS) is 17.4. The van der Waals surface area contributed by atoms with Gasteiger partial charge in [0, 0.05) is 16.5 Å². The molecule has 1 aliphatic heterocycles. The summed E-state index contributed by atoms with van der Waals surface area (Å²) in [4.78, 5) is 27.2. The van der Waals surface area contributed by atoms with Gasteiger partial charge in [0.1, 0.15) is 0 Å². The van der Waals surface area contributed by atoms with E-state index in [1.807, 2.05) is 25.7 Å². The number of aromatic nitrogens is 2. The minimum Gasteiger partial charge on any atom is -0.326 e. The molecule has 1 aliphatic carbocycles. The molecule has 0 bridgehead atoms. The van der Waals surface area contributed by atoms with Crippen molar-refractivity contribution in [1.82, 2.24) is 15.1 Å². The molecule has 4 rings (SSSR count). The molecule has 0 unspecified atom stereocenters. The average molecular weight is 406 g/mol. The lowest BCUT2D eigenvalue weighted by Crippen LogP contribution is -2.42. The molecule has 29 heavy (non-hydrogen) atoms. The monoisotopic (exact) mass is 406 g/mol. The van der Waals surface area contributed by atoms with Crippen molar-refractivity contribution in [3.8, 4) is 0 Å². The summed E-state index contributed by atoms with van der Waals surface area (Å²) in [5, 5.41) is 9.79. The first kappa shape index (κ1) is 19.5. The summed E-state index contributed by atoms with van der Waals surface area (Å²) in [5.41, 5.74) is -0.0587. The maximum atomic E-state index is 12.9. The number of rotatable bonds is 2. The molecule has 2 amide bonds. The van der Waals surface area contributed by atoms with Gasteiger partial charge in [-0.3, -0.25) is 14.7 Å². The molecule has 1 saturated carbocycles. The number of carbonyl (C=O) groups excluding carboxylic acids is 2. The maximum Gasteiger partial charge on any atom is 0.416 e. The number of hydrogen-bond acceptors (Lipinski definition) is 3. The molecule has 1 aromatic heterocycles. The van der Waals surface area contributed by atoms with Gasteiger partial charge in [0.15, 0.2) is 5.82 Å². The summed E-state index contributed by atoms with van der Waals surface area (Å²) >= 11 is 0. The molecular formula is C20H21F3N4O2. The number of nitrogens with zero attached hydrogens (tertiary/aromatic N) is 2. The van der Waals surface area contributed by atoms with E-state index in [0.29, 0.717) is 12.4 Å². The highest BCUT2D eigenvalue weighted by Crippen LogP contribution is 2.57. The molecule has 0 radical (unpaired) electrons. The first-order valence-electron chi connectivity index (χ1n) is 9.32. The summed E-state index contributed by atoms with van der Waals surface area (Å²) in [7, 11) is 0. The minimum absolute atomic E-state index is 0.0274. The standard InChI is InChI=1S/C20H21F3N4O2/c1-18(2,3)17(29)27-10-13-14(19(27)8-9-19)25-26-15(13)24-16(28)11-4-6-12(7-5-11)20(21,22)23/h4-7H,8-10H2,1-3H3,(H2,24,25,26,28). The van der Waals surface area contributed by atoms with Crippen LogP contribution in [0.1, 0.15) is 60.8 Å². The Morgan fingerprint density at radius 3 is 2.28 bits per heavy atom. The second kappa shape index (κ2) is 6.08. The van der Waals surface area contributed by atoms with Gasteiger partial charge in [-0.15, -0.1) is 0 Å². The van der Waals surface area contributed by atoms with Crippen LogP contribution < -0.4 is 5.32 Å². The Bertz CT molecular complexity index is 983. The molecule has 2 N–H and O–H groups in total. The second-order valence-corrected chi connectivity index (χ2v) is 8.63. The molecule has 0 saturated heterocycles.